The first-order valence-electron chi connectivity index (χ1n) is 9.78. The van der Waals surface area contributed by atoms with E-state index in [2.05, 4.69) is 29.5 Å². The molecule has 5 nitrogen and oxygen atoms in total. The fourth-order valence-electron chi connectivity index (χ4n) is 3.11. The Labute approximate surface area is 184 Å². The van der Waals surface area contributed by atoms with Crippen LogP contribution >= 0.6 is 12.2 Å². The molecular weight excluding hydrogens is 413 g/mol. The van der Waals surface area contributed by atoms with Gasteiger partial charge < -0.3 is 9.73 Å². The number of halogens is 1. The second-order valence-corrected chi connectivity index (χ2v) is 7.81. The van der Waals surface area contributed by atoms with E-state index in [0.29, 0.717) is 39.7 Å². The van der Waals surface area contributed by atoms with Gasteiger partial charge in [0.25, 0.3) is 5.91 Å². The molecule has 4 rings (SSSR count). The van der Waals surface area contributed by atoms with Crippen LogP contribution in [0, 0.1) is 5.82 Å². The smallest absolute Gasteiger partial charge is 0.257 e. The molecule has 0 aliphatic heterocycles. The molecule has 31 heavy (non-hydrogen) atoms. The summed E-state index contributed by atoms with van der Waals surface area (Å²) in [7, 11) is 0. The SMILES string of the molecule is CC(C)c1ccc(C(=O)NC(=S)Nc2ccc3oc(-c4cccc(F)c4)nc3c2)cc1. The highest BCUT2D eigenvalue weighted by Gasteiger charge is 2.12. The zero-order valence-corrected chi connectivity index (χ0v) is 17.8. The Morgan fingerprint density at radius 1 is 1.06 bits per heavy atom. The number of hydrogen-bond acceptors (Lipinski definition) is 4. The van der Waals surface area contributed by atoms with Crippen LogP contribution in [-0.4, -0.2) is 16.0 Å². The molecule has 0 fully saturated rings. The molecule has 0 bridgehead atoms. The van der Waals surface area contributed by atoms with E-state index in [1.807, 2.05) is 12.1 Å². The van der Waals surface area contributed by atoms with Gasteiger partial charge in [-0.25, -0.2) is 9.37 Å². The molecule has 0 unspecified atom stereocenters. The molecule has 3 aromatic carbocycles. The number of benzene rings is 3. The van der Waals surface area contributed by atoms with Crippen molar-refractivity contribution < 1.29 is 13.6 Å². The van der Waals surface area contributed by atoms with Crippen molar-refractivity contribution in [3.05, 3.63) is 83.7 Å². The molecule has 0 spiro atoms. The molecule has 1 aromatic heterocycles. The average Bonchev–Trinajstić information content (AvgIpc) is 3.17. The fourth-order valence-corrected chi connectivity index (χ4v) is 3.32. The molecule has 0 radical (unpaired) electrons. The van der Waals surface area contributed by atoms with Crippen LogP contribution < -0.4 is 10.6 Å². The normalized spacial score (nSPS) is 11.0. The number of rotatable bonds is 4. The monoisotopic (exact) mass is 433 g/mol. The molecule has 0 saturated carbocycles. The van der Waals surface area contributed by atoms with Gasteiger partial charge in [-0.05, 0) is 72.2 Å². The number of nitrogens with one attached hydrogen (secondary N) is 2. The predicted octanol–water partition coefficient (Wildman–Crippen LogP) is 5.88. The van der Waals surface area contributed by atoms with Crippen molar-refractivity contribution in [2.75, 3.05) is 5.32 Å². The first-order valence-corrected chi connectivity index (χ1v) is 10.2. The minimum absolute atomic E-state index is 0.172. The van der Waals surface area contributed by atoms with E-state index in [1.165, 1.54) is 12.1 Å². The van der Waals surface area contributed by atoms with Crippen molar-refractivity contribution in [2.45, 2.75) is 19.8 Å². The Balaban J connectivity index is 1.45. The van der Waals surface area contributed by atoms with Gasteiger partial charge in [0.15, 0.2) is 10.7 Å². The quantitative estimate of drug-likeness (QED) is 0.393. The van der Waals surface area contributed by atoms with E-state index >= 15 is 0 Å². The number of thiocarbonyl (C=S) groups is 1. The lowest BCUT2D eigenvalue weighted by atomic mass is 10.0. The van der Waals surface area contributed by atoms with Crippen molar-refractivity contribution in [3.63, 3.8) is 0 Å². The predicted molar refractivity (Wildman–Crippen MR) is 124 cm³/mol. The molecule has 7 heteroatoms. The van der Waals surface area contributed by atoms with Crippen LogP contribution in [0.25, 0.3) is 22.6 Å². The molecule has 1 amide bonds. The standard InChI is InChI=1S/C24H20FN3O2S/c1-14(2)15-6-8-16(9-7-15)22(29)28-24(31)26-19-10-11-21-20(13-19)27-23(30-21)17-4-3-5-18(25)12-17/h3-14H,1-2H3,(H2,26,28,29,31). The lowest BCUT2D eigenvalue weighted by Gasteiger charge is -2.10. The van der Waals surface area contributed by atoms with Crippen LogP contribution in [0.4, 0.5) is 10.1 Å². The van der Waals surface area contributed by atoms with E-state index in [-0.39, 0.29) is 16.8 Å². The molecule has 2 N–H and O–H groups in total. The number of amides is 1. The van der Waals surface area contributed by atoms with E-state index in [4.69, 9.17) is 16.6 Å². The zero-order valence-electron chi connectivity index (χ0n) is 17.0. The van der Waals surface area contributed by atoms with Crippen molar-refractivity contribution in [3.8, 4) is 11.5 Å². The van der Waals surface area contributed by atoms with Crippen LogP contribution in [0.3, 0.4) is 0 Å². The van der Waals surface area contributed by atoms with Gasteiger partial charge in [-0.1, -0.05) is 32.0 Å². The number of carbonyl (C=O) groups excluding carboxylic acids is 1. The van der Waals surface area contributed by atoms with Gasteiger partial charge in [0.2, 0.25) is 5.89 Å². The third-order valence-electron chi connectivity index (χ3n) is 4.78. The number of carbonyl (C=O) groups is 1. The summed E-state index contributed by atoms with van der Waals surface area (Å²) in [6, 6.07) is 18.7. The van der Waals surface area contributed by atoms with Gasteiger partial charge in [-0.15, -0.1) is 0 Å². The third-order valence-corrected chi connectivity index (χ3v) is 4.99. The third kappa shape index (κ3) is 4.78. The van der Waals surface area contributed by atoms with Crippen LogP contribution in [0.2, 0.25) is 0 Å². The highest BCUT2D eigenvalue weighted by Crippen LogP contribution is 2.26. The summed E-state index contributed by atoms with van der Waals surface area (Å²) < 4.78 is 19.2. The summed E-state index contributed by atoms with van der Waals surface area (Å²) in [4.78, 5) is 16.8. The summed E-state index contributed by atoms with van der Waals surface area (Å²) in [6.07, 6.45) is 0. The minimum atomic E-state index is -0.359. The van der Waals surface area contributed by atoms with Crippen molar-refractivity contribution in [1.29, 1.82) is 0 Å². The van der Waals surface area contributed by atoms with Crippen LogP contribution in [0.1, 0.15) is 35.7 Å². The number of nitrogens with zero attached hydrogens (tertiary/aromatic N) is 1. The molecule has 0 aliphatic carbocycles. The van der Waals surface area contributed by atoms with Gasteiger partial charge >= 0.3 is 0 Å². The Bertz CT molecular complexity index is 1270. The molecule has 0 saturated heterocycles. The van der Waals surface area contributed by atoms with E-state index in [1.54, 1.807) is 42.5 Å². The zero-order chi connectivity index (χ0) is 22.0. The number of anilines is 1. The molecule has 4 aromatic rings. The first-order chi connectivity index (χ1) is 14.9. The highest BCUT2D eigenvalue weighted by molar-refractivity contribution is 7.80. The van der Waals surface area contributed by atoms with E-state index in [0.717, 1.165) is 5.56 Å². The largest absolute Gasteiger partial charge is 0.436 e. The van der Waals surface area contributed by atoms with Gasteiger partial charge in [0.05, 0.1) is 0 Å². The van der Waals surface area contributed by atoms with Crippen LogP contribution in [-0.2, 0) is 0 Å². The molecule has 0 atom stereocenters. The number of aromatic nitrogens is 1. The molecule has 0 aliphatic rings. The molecule has 156 valence electrons. The summed E-state index contributed by atoms with van der Waals surface area (Å²) in [5.41, 5.74) is 4.03. The molecule has 1 heterocycles. The number of oxazole rings is 1. The summed E-state index contributed by atoms with van der Waals surface area (Å²) in [6.45, 7) is 4.20. The summed E-state index contributed by atoms with van der Waals surface area (Å²) >= 11 is 5.27. The van der Waals surface area contributed by atoms with Crippen LogP contribution in [0.5, 0.6) is 0 Å². The maximum atomic E-state index is 13.5. The minimum Gasteiger partial charge on any atom is -0.436 e. The maximum absolute atomic E-state index is 13.5. The summed E-state index contributed by atoms with van der Waals surface area (Å²) in [5.74, 6) is 0.0749. The van der Waals surface area contributed by atoms with Crippen molar-refractivity contribution >= 4 is 40.0 Å². The average molecular weight is 434 g/mol. The summed E-state index contributed by atoms with van der Waals surface area (Å²) in [5, 5.41) is 5.83. The second kappa shape index (κ2) is 8.65. The van der Waals surface area contributed by atoms with Gasteiger partial charge in [-0.2, -0.15) is 0 Å². The van der Waals surface area contributed by atoms with Crippen LogP contribution in [0.15, 0.2) is 71.1 Å². The lowest BCUT2D eigenvalue weighted by Crippen LogP contribution is -2.34. The lowest BCUT2D eigenvalue weighted by molar-refractivity contribution is 0.0977. The number of hydrogen-bond donors (Lipinski definition) is 2. The number of fused-ring (bicyclic) bond motifs is 1. The Morgan fingerprint density at radius 2 is 1.84 bits per heavy atom. The fraction of sp³-hybridized carbons (Fsp3) is 0.125. The Hall–Kier alpha value is -3.58. The van der Waals surface area contributed by atoms with E-state index < -0.39 is 0 Å². The Kier molecular flexibility index (Phi) is 5.77. The highest BCUT2D eigenvalue weighted by atomic mass is 32.1. The first kappa shape index (κ1) is 20.7. The Morgan fingerprint density at radius 3 is 2.55 bits per heavy atom. The second-order valence-electron chi connectivity index (χ2n) is 7.40. The van der Waals surface area contributed by atoms with Gasteiger partial charge in [-0.3, -0.25) is 10.1 Å². The topological polar surface area (TPSA) is 67.2 Å². The molecular formula is C24H20FN3O2S. The van der Waals surface area contributed by atoms with Gasteiger partial charge in [0.1, 0.15) is 11.3 Å². The van der Waals surface area contributed by atoms with Gasteiger partial charge in [0, 0.05) is 16.8 Å². The van der Waals surface area contributed by atoms with Crippen molar-refractivity contribution in [2.24, 2.45) is 0 Å². The van der Waals surface area contributed by atoms with Crippen molar-refractivity contribution in [1.82, 2.24) is 10.3 Å². The van der Waals surface area contributed by atoms with E-state index in [9.17, 15) is 9.18 Å². The maximum Gasteiger partial charge on any atom is 0.257 e.